The number of hydrogen-bond acceptors (Lipinski definition) is 7. The van der Waals surface area contributed by atoms with E-state index >= 15 is 0 Å². The van der Waals surface area contributed by atoms with Crippen molar-refractivity contribution in [3.8, 4) is 11.3 Å². The summed E-state index contributed by atoms with van der Waals surface area (Å²) >= 11 is 1.42. The number of carbonyl (C=O) groups excluding carboxylic acids is 1. The Balaban J connectivity index is 0.00000261. The molecule has 3 rings (SSSR count). The minimum Gasteiger partial charge on any atom is -0.462 e. The SMILES string of the molecule is Br.CCOC(=O)c1ccc(Nc2nc(-c3ccc([N+](=O)[O-])cc3)cs2)cc1. The van der Waals surface area contributed by atoms with Gasteiger partial charge >= 0.3 is 5.97 Å². The van der Waals surface area contributed by atoms with Crippen LogP contribution in [0, 0.1) is 10.1 Å². The number of nitrogens with zero attached hydrogens (tertiary/aromatic N) is 2. The number of anilines is 2. The van der Waals surface area contributed by atoms with Crippen molar-refractivity contribution in [2.24, 2.45) is 0 Å². The van der Waals surface area contributed by atoms with E-state index in [1.807, 2.05) is 5.38 Å². The van der Waals surface area contributed by atoms with Gasteiger partial charge < -0.3 is 10.1 Å². The predicted octanol–water partition coefficient (Wildman–Crippen LogP) is 5.22. The molecule has 0 fully saturated rings. The molecule has 1 heterocycles. The summed E-state index contributed by atoms with van der Waals surface area (Å²) in [7, 11) is 0. The van der Waals surface area contributed by atoms with Crippen molar-refractivity contribution >= 4 is 50.8 Å². The molecule has 0 radical (unpaired) electrons. The molecule has 0 saturated heterocycles. The molecule has 0 aliphatic rings. The minimum atomic E-state index is -0.433. The lowest BCUT2D eigenvalue weighted by Crippen LogP contribution is -2.04. The summed E-state index contributed by atoms with van der Waals surface area (Å²) in [6.07, 6.45) is 0. The Morgan fingerprint density at radius 3 is 2.44 bits per heavy atom. The molecular weight excluding hydrogens is 434 g/mol. The normalized spacial score (nSPS) is 9.96. The zero-order valence-corrected chi connectivity index (χ0v) is 16.8. The van der Waals surface area contributed by atoms with Gasteiger partial charge in [-0.2, -0.15) is 0 Å². The van der Waals surface area contributed by atoms with E-state index in [9.17, 15) is 14.9 Å². The number of benzene rings is 2. The monoisotopic (exact) mass is 449 g/mol. The van der Waals surface area contributed by atoms with Crippen LogP contribution in [0.3, 0.4) is 0 Å². The number of nitro benzene ring substituents is 1. The molecule has 9 heteroatoms. The second kappa shape index (κ2) is 9.24. The van der Waals surface area contributed by atoms with Gasteiger partial charge in [0.05, 0.1) is 22.8 Å². The highest BCUT2D eigenvalue weighted by molar-refractivity contribution is 8.93. The molecule has 1 N–H and O–H groups in total. The zero-order chi connectivity index (χ0) is 18.5. The molecule has 1 aromatic heterocycles. The second-order valence-electron chi connectivity index (χ2n) is 5.26. The Kier molecular flexibility index (Phi) is 7.03. The number of carbonyl (C=O) groups is 1. The first kappa shape index (κ1) is 20.5. The first-order chi connectivity index (χ1) is 12.6. The van der Waals surface area contributed by atoms with Crippen molar-refractivity contribution in [3.63, 3.8) is 0 Å². The van der Waals surface area contributed by atoms with Gasteiger partial charge in [-0.1, -0.05) is 0 Å². The fraction of sp³-hybridized carbons (Fsp3) is 0.111. The molecule has 0 bridgehead atoms. The molecule has 2 aromatic carbocycles. The van der Waals surface area contributed by atoms with Crippen molar-refractivity contribution in [3.05, 3.63) is 69.6 Å². The molecule has 3 aromatic rings. The van der Waals surface area contributed by atoms with E-state index in [4.69, 9.17) is 4.74 Å². The van der Waals surface area contributed by atoms with E-state index in [2.05, 4.69) is 10.3 Å². The smallest absolute Gasteiger partial charge is 0.338 e. The van der Waals surface area contributed by atoms with Crippen molar-refractivity contribution in [2.75, 3.05) is 11.9 Å². The van der Waals surface area contributed by atoms with Crippen LogP contribution in [-0.4, -0.2) is 22.5 Å². The lowest BCUT2D eigenvalue weighted by atomic mass is 10.1. The number of non-ortho nitro benzene ring substituents is 1. The average Bonchev–Trinajstić information content (AvgIpc) is 3.11. The summed E-state index contributed by atoms with van der Waals surface area (Å²) < 4.78 is 4.95. The van der Waals surface area contributed by atoms with E-state index in [1.54, 1.807) is 43.3 Å². The molecular formula is C18H16BrN3O4S. The lowest BCUT2D eigenvalue weighted by molar-refractivity contribution is -0.384. The number of thiazole rings is 1. The number of hydrogen-bond donors (Lipinski definition) is 1. The predicted molar refractivity (Wildman–Crippen MR) is 110 cm³/mol. The van der Waals surface area contributed by atoms with Gasteiger partial charge in [0.1, 0.15) is 0 Å². The number of esters is 1. The Morgan fingerprint density at radius 1 is 1.19 bits per heavy atom. The maximum Gasteiger partial charge on any atom is 0.338 e. The van der Waals surface area contributed by atoms with E-state index in [0.717, 1.165) is 16.9 Å². The Hall–Kier alpha value is -2.78. The topological polar surface area (TPSA) is 94.4 Å². The molecule has 0 aliphatic carbocycles. The van der Waals surface area contributed by atoms with Gasteiger partial charge in [-0.05, 0) is 43.3 Å². The van der Waals surface area contributed by atoms with Gasteiger partial charge in [0.15, 0.2) is 5.13 Å². The van der Waals surface area contributed by atoms with Crippen LogP contribution in [0.25, 0.3) is 11.3 Å². The Labute approximate surface area is 169 Å². The van der Waals surface area contributed by atoms with Crippen molar-refractivity contribution in [1.29, 1.82) is 0 Å². The van der Waals surface area contributed by atoms with Crippen LogP contribution >= 0.6 is 28.3 Å². The summed E-state index contributed by atoms with van der Waals surface area (Å²) in [6.45, 7) is 2.10. The standard InChI is InChI=1S/C18H15N3O4S.BrH/c1-2-25-17(22)13-3-7-14(8-4-13)19-18-20-16(11-26-18)12-5-9-15(10-6-12)21(23)24;/h3-11H,2H2,1H3,(H,19,20);1H. The zero-order valence-electron chi connectivity index (χ0n) is 14.2. The number of nitrogens with one attached hydrogen (secondary N) is 1. The summed E-state index contributed by atoms with van der Waals surface area (Å²) in [4.78, 5) is 26.4. The van der Waals surface area contributed by atoms with Crippen molar-refractivity contribution in [1.82, 2.24) is 4.98 Å². The summed E-state index contributed by atoms with van der Waals surface area (Å²) in [6, 6.07) is 13.2. The Morgan fingerprint density at radius 2 is 1.85 bits per heavy atom. The molecule has 0 aliphatic heterocycles. The fourth-order valence-corrected chi connectivity index (χ4v) is 2.99. The quantitative estimate of drug-likeness (QED) is 0.315. The van der Waals surface area contributed by atoms with E-state index < -0.39 is 4.92 Å². The van der Waals surface area contributed by atoms with Gasteiger partial charge in [-0.25, -0.2) is 9.78 Å². The third kappa shape index (κ3) is 5.11. The van der Waals surface area contributed by atoms with Crippen molar-refractivity contribution in [2.45, 2.75) is 6.92 Å². The maximum absolute atomic E-state index is 11.6. The second-order valence-corrected chi connectivity index (χ2v) is 6.12. The Bertz CT molecular complexity index is 927. The largest absolute Gasteiger partial charge is 0.462 e. The highest BCUT2D eigenvalue weighted by atomic mass is 79.9. The van der Waals surface area contributed by atoms with Crippen LogP contribution < -0.4 is 5.32 Å². The van der Waals surface area contributed by atoms with Gasteiger partial charge in [0, 0.05) is 28.8 Å². The number of aromatic nitrogens is 1. The van der Waals surface area contributed by atoms with Crippen LogP contribution in [-0.2, 0) is 4.74 Å². The van der Waals surface area contributed by atoms with Crippen LogP contribution in [0.5, 0.6) is 0 Å². The third-order valence-corrected chi connectivity index (χ3v) is 4.28. The first-order valence-corrected chi connectivity index (χ1v) is 8.69. The van der Waals surface area contributed by atoms with Crippen LogP contribution in [0.2, 0.25) is 0 Å². The van der Waals surface area contributed by atoms with Crippen LogP contribution in [0.15, 0.2) is 53.9 Å². The molecule has 0 saturated carbocycles. The highest BCUT2D eigenvalue weighted by Gasteiger charge is 2.09. The number of halogens is 1. The average molecular weight is 450 g/mol. The van der Waals surface area contributed by atoms with Gasteiger partial charge in [-0.3, -0.25) is 10.1 Å². The highest BCUT2D eigenvalue weighted by Crippen LogP contribution is 2.28. The van der Waals surface area contributed by atoms with Gasteiger partial charge in [-0.15, -0.1) is 28.3 Å². The molecule has 7 nitrogen and oxygen atoms in total. The van der Waals surface area contributed by atoms with Gasteiger partial charge in [0.25, 0.3) is 5.69 Å². The number of ether oxygens (including phenoxy) is 1. The minimum absolute atomic E-state index is 0. The first-order valence-electron chi connectivity index (χ1n) is 7.81. The molecule has 27 heavy (non-hydrogen) atoms. The third-order valence-electron chi connectivity index (χ3n) is 3.53. The van der Waals surface area contributed by atoms with E-state index in [1.165, 1.54) is 23.5 Å². The van der Waals surface area contributed by atoms with E-state index in [0.29, 0.717) is 17.3 Å². The van der Waals surface area contributed by atoms with Crippen LogP contribution in [0.1, 0.15) is 17.3 Å². The van der Waals surface area contributed by atoms with Crippen LogP contribution in [0.4, 0.5) is 16.5 Å². The molecule has 0 atom stereocenters. The van der Waals surface area contributed by atoms with Gasteiger partial charge in [0.2, 0.25) is 0 Å². The van der Waals surface area contributed by atoms with Crippen molar-refractivity contribution < 1.29 is 14.5 Å². The molecule has 0 unspecified atom stereocenters. The number of nitro groups is 1. The summed E-state index contributed by atoms with van der Waals surface area (Å²) in [5, 5.41) is 16.4. The molecule has 0 amide bonds. The molecule has 140 valence electrons. The lowest BCUT2D eigenvalue weighted by Gasteiger charge is -2.05. The fourth-order valence-electron chi connectivity index (χ4n) is 2.25. The molecule has 0 spiro atoms. The summed E-state index contributed by atoms with van der Waals surface area (Å²) in [5.41, 5.74) is 2.86. The summed E-state index contributed by atoms with van der Waals surface area (Å²) in [5.74, 6) is -0.353. The number of rotatable bonds is 6. The maximum atomic E-state index is 11.6. The van der Waals surface area contributed by atoms with E-state index in [-0.39, 0.29) is 28.6 Å².